The van der Waals surface area contributed by atoms with E-state index >= 15 is 0 Å². The Balaban J connectivity index is 1.39. The summed E-state index contributed by atoms with van der Waals surface area (Å²) < 4.78 is 7.12. The standard InChI is InChI=1S/C21H22N4O2S/c1-27-18-11-9-16(10-12-18)20(15-7-8-15)23-19(26)13-28-21-24-22-14-25(21)17-5-3-2-4-6-17/h2-6,9-12,14-15,20H,7-8,13H2,1H3,(H,23,26). The normalized spacial score (nSPS) is 14.5. The maximum atomic E-state index is 12.6. The molecule has 144 valence electrons. The van der Waals surface area contributed by atoms with Crippen LogP contribution in [0, 0.1) is 5.92 Å². The van der Waals surface area contributed by atoms with Gasteiger partial charge >= 0.3 is 0 Å². The molecule has 28 heavy (non-hydrogen) atoms. The van der Waals surface area contributed by atoms with Crippen molar-refractivity contribution in [3.05, 3.63) is 66.5 Å². The zero-order chi connectivity index (χ0) is 19.3. The zero-order valence-electron chi connectivity index (χ0n) is 15.6. The van der Waals surface area contributed by atoms with E-state index in [2.05, 4.69) is 15.5 Å². The molecule has 1 aliphatic carbocycles. The fourth-order valence-corrected chi connectivity index (χ4v) is 3.89. The number of para-hydroxylation sites is 1. The van der Waals surface area contributed by atoms with E-state index < -0.39 is 0 Å². The number of carbonyl (C=O) groups is 1. The second-order valence-electron chi connectivity index (χ2n) is 6.76. The van der Waals surface area contributed by atoms with Crippen molar-refractivity contribution in [2.75, 3.05) is 12.9 Å². The molecular weight excluding hydrogens is 372 g/mol. The van der Waals surface area contributed by atoms with Gasteiger partial charge in [-0.1, -0.05) is 42.1 Å². The van der Waals surface area contributed by atoms with E-state index in [9.17, 15) is 4.79 Å². The summed E-state index contributed by atoms with van der Waals surface area (Å²) in [5, 5.41) is 12.0. The Morgan fingerprint density at radius 2 is 1.96 bits per heavy atom. The van der Waals surface area contributed by atoms with Gasteiger partial charge in [0.2, 0.25) is 5.91 Å². The first-order valence-corrected chi connectivity index (χ1v) is 10.2. The van der Waals surface area contributed by atoms with Gasteiger partial charge in [-0.15, -0.1) is 10.2 Å². The molecule has 0 saturated heterocycles. The predicted molar refractivity (Wildman–Crippen MR) is 109 cm³/mol. The first kappa shape index (κ1) is 18.6. The Bertz CT molecular complexity index is 923. The van der Waals surface area contributed by atoms with Crippen molar-refractivity contribution in [2.45, 2.75) is 24.0 Å². The van der Waals surface area contributed by atoms with Crippen molar-refractivity contribution in [2.24, 2.45) is 5.92 Å². The van der Waals surface area contributed by atoms with E-state index in [4.69, 9.17) is 4.74 Å². The number of ether oxygens (including phenoxy) is 1. The molecule has 3 aromatic rings. The lowest BCUT2D eigenvalue weighted by Crippen LogP contribution is -2.31. The molecule has 0 bridgehead atoms. The Kier molecular flexibility index (Phi) is 5.62. The first-order chi connectivity index (χ1) is 13.7. The number of methoxy groups -OCH3 is 1. The number of benzene rings is 2. The predicted octanol–water partition coefficient (Wildman–Crippen LogP) is 3.64. The Hall–Kier alpha value is -2.80. The SMILES string of the molecule is COc1ccc(C(NC(=O)CSc2nncn2-c2ccccc2)C2CC2)cc1. The van der Waals surface area contributed by atoms with E-state index in [0.717, 1.165) is 29.8 Å². The minimum absolute atomic E-state index is 0.000305. The third-order valence-electron chi connectivity index (χ3n) is 4.77. The average molecular weight is 395 g/mol. The molecule has 4 rings (SSSR count). The number of amides is 1. The summed E-state index contributed by atoms with van der Waals surface area (Å²) >= 11 is 1.39. The number of hydrogen-bond acceptors (Lipinski definition) is 5. The molecule has 1 aromatic heterocycles. The van der Waals surface area contributed by atoms with E-state index in [-0.39, 0.29) is 11.9 Å². The molecule has 1 saturated carbocycles. The quantitative estimate of drug-likeness (QED) is 0.591. The third-order valence-corrected chi connectivity index (χ3v) is 5.71. The molecule has 1 heterocycles. The van der Waals surface area contributed by atoms with Crippen LogP contribution in [0.1, 0.15) is 24.4 Å². The summed E-state index contributed by atoms with van der Waals surface area (Å²) in [5.41, 5.74) is 2.10. The highest BCUT2D eigenvalue weighted by Crippen LogP contribution is 2.41. The van der Waals surface area contributed by atoms with Gasteiger partial charge in [0.25, 0.3) is 0 Å². The molecule has 0 radical (unpaired) electrons. The van der Waals surface area contributed by atoms with Gasteiger partial charge in [-0.25, -0.2) is 0 Å². The van der Waals surface area contributed by atoms with Gasteiger partial charge < -0.3 is 10.1 Å². The van der Waals surface area contributed by atoms with Crippen molar-refractivity contribution >= 4 is 17.7 Å². The lowest BCUT2D eigenvalue weighted by Gasteiger charge is -2.19. The summed E-state index contributed by atoms with van der Waals surface area (Å²) in [5.74, 6) is 1.63. The van der Waals surface area contributed by atoms with Crippen LogP contribution >= 0.6 is 11.8 Å². The van der Waals surface area contributed by atoms with Crippen molar-refractivity contribution in [1.82, 2.24) is 20.1 Å². The number of nitrogens with one attached hydrogen (secondary N) is 1. The molecule has 1 unspecified atom stereocenters. The molecule has 1 amide bonds. The maximum absolute atomic E-state index is 12.6. The number of carbonyl (C=O) groups excluding carboxylic acids is 1. The average Bonchev–Trinajstić information content (AvgIpc) is 3.48. The molecule has 1 fully saturated rings. The minimum Gasteiger partial charge on any atom is -0.497 e. The number of rotatable bonds is 8. The van der Waals surface area contributed by atoms with Gasteiger partial charge in [-0.2, -0.15) is 0 Å². The molecule has 1 N–H and O–H groups in total. The van der Waals surface area contributed by atoms with Crippen LogP contribution in [0.25, 0.3) is 5.69 Å². The highest BCUT2D eigenvalue weighted by Gasteiger charge is 2.33. The number of hydrogen-bond donors (Lipinski definition) is 1. The molecule has 2 aromatic carbocycles. The van der Waals surface area contributed by atoms with Crippen LogP contribution < -0.4 is 10.1 Å². The van der Waals surface area contributed by atoms with Crippen LogP contribution in [0.4, 0.5) is 0 Å². The van der Waals surface area contributed by atoms with E-state index in [1.54, 1.807) is 13.4 Å². The van der Waals surface area contributed by atoms with Gasteiger partial charge in [0.1, 0.15) is 12.1 Å². The minimum atomic E-state index is 0.000305. The molecule has 0 aliphatic heterocycles. The fourth-order valence-electron chi connectivity index (χ4n) is 3.15. The van der Waals surface area contributed by atoms with E-state index in [1.165, 1.54) is 11.8 Å². The highest BCUT2D eigenvalue weighted by atomic mass is 32.2. The zero-order valence-corrected chi connectivity index (χ0v) is 16.4. The fraction of sp³-hybridized carbons (Fsp3) is 0.286. The first-order valence-electron chi connectivity index (χ1n) is 9.26. The van der Waals surface area contributed by atoms with Gasteiger partial charge in [0, 0.05) is 5.69 Å². The lowest BCUT2D eigenvalue weighted by molar-refractivity contribution is -0.119. The number of aromatic nitrogens is 3. The largest absolute Gasteiger partial charge is 0.497 e. The van der Waals surface area contributed by atoms with Gasteiger partial charge in [-0.3, -0.25) is 9.36 Å². The summed E-state index contributed by atoms with van der Waals surface area (Å²) in [6.07, 6.45) is 3.96. The van der Waals surface area contributed by atoms with Crippen LogP contribution in [0.15, 0.2) is 66.1 Å². The summed E-state index contributed by atoms with van der Waals surface area (Å²) in [4.78, 5) is 12.6. The summed E-state index contributed by atoms with van der Waals surface area (Å²) in [6.45, 7) is 0. The van der Waals surface area contributed by atoms with E-state index in [1.807, 2.05) is 59.2 Å². The summed E-state index contributed by atoms with van der Waals surface area (Å²) in [7, 11) is 1.65. The molecule has 6 nitrogen and oxygen atoms in total. The molecule has 7 heteroatoms. The highest BCUT2D eigenvalue weighted by molar-refractivity contribution is 7.99. The smallest absolute Gasteiger partial charge is 0.230 e. The Labute approximate surface area is 168 Å². The number of thioether (sulfide) groups is 1. The van der Waals surface area contributed by atoms with Gasteiger partial charge in [0.05, 0.1) is 18.9 Å². The summed E-state index contributed by atoms with van der Waals surface area (Å²) in [6, 6.07) is 17.8. The third kappa shape index (κ3) is 4.36. The molecule has 1 atom stereocenters. The monoisotopic (exact) mass is 394 g/mol. The topological polar surface area (TPSA) is 69.0 Å². The van der Waals surface area contributed by atoms with Crippen molar-refractivity contribution in [3.8, 4) is 11.4 Å². The Morgan fingerprint density at radius 1 is 1.21 bits per heavy atom. The van der Waals surface area contributed by atoms with Crippen LogP contribution in [0.5, 0.6) is 5.75 Å². The Morgan fingerprint density at radius 3 is 2.64 bits per heavy atom. The van der Waals surface area contributed by atoms with Gasteiger partial charge in [0.15, 0.2) is 5.16 Å². The second-order valence-corrected chi connectivity index (χ2v) is 7.71. The van der Waals surface area contributed by atoms with Crippen LogP contribution in [0.2, 0.25) is 0 Å². The van der Waals surface area contributed by atoms with Crippen LogP contribution in [0.3, 0.4) is 0 Å². The molecular formula is C21H22N4O2S. The van der Waals surface area contributed by atoms with Crippen molar-refractivity contribution in [1.29, 1.82) is 0 Å². The van der Waals surface area contributed by atoms with Crippen LogP contribution in [-0.2, 0) is 4.79 Å². The number of nitrogens with zero attached hydrogens (tertiary/aromatic N) is 3. The lowest BCUT2D eigenvalue weighted by atomic mass is 10.0. The van der Waals surface area contributed by atoms with Crippen molar-refractivity contribution < 1.29 is 9.53 Å². The molecule has 1 aliphatic rings. The van der Waals surface area contributed by atoms with Crippen LogP contribution in [-0.4, -0.2) is 33.5 Å². The van der Waals surface area contributed by atoms with Crippen molar-refractivity contribution in [3.63, 3.8) is 0 Å². The maximum Gasteiger partial charge on any atom is 0.230 e. The van der Waals surface area contributed by atoms with E-state index in [0.29, 0.717) is 16.8 Å². The molecule has 0 spiro atoms. The second kappa shape index (κ2) is 8.48. The van der Waals surface area contributed by atoms with Gasteiger partial charge in [-0.05, 0) is 48.6 Å².